The number of carbonyl (C=O) groups excluding carboxylic acids is 1. The molecule has 5 nitrogen and oxygen atoms in total. The molecule has 2 atom stereocenters. The number of ether oxygens (including phenoxy) is 3. The first kappa shape index (κ1) is 37.4. The molecule has 1 aromatic rings. The summed E-state index contributed by atoms with van der Waals surface area (Å²) in [4.78, 5) is 11.8. The molecule has 1 aromatic carbocycles. The Kier molecular flexibility index (Phi) is 19.3. The smallest absolute Gasteiger partial charge is 0.330 e. The van der Waals surface area contributed by atoms with Gasteiger partial charge in [-0.15, -0.1) is 0 Å². The van der Waals surface area contributed by atoms with E-state index in [4.69, 9.17) is 18.6 Å². The Morgan fingerprint density at radius 2 is 1.37 bits per heavy atom. The second-order valence-electron chi connectivity index (χ2n) is 13.0. The summed E-state index contributed by atoms with van der Waals surface area (Å²) in [6, 6.07) is 7.90. The van der Waals surface area contributed by atoms with Gasteiger partial charge in [-0.05, 0) is 68.6 Å². The van der Waals surface area contributed by atoms with Gasteiger partial charge < -0.3 is 18.6 Å². The van der Waals surface area contributed by atoms with Gasteiger partial charge in [0, 0.05) is 12.2 Å². The predicted molar refractivity (Wildman–Crippen MR) is 175 cm³/mol. The minimum Gasteiger partial charge on any atom is -0.497 e. The van der Waals surface area contributed by atoms with E-state index in [0.29, 0.717) is 24.4 Å². The Bertz CT molecular complexity index is 828. The van der Waals surface area contributed by atoms with Crippen molar-refractivity contribution in [2.45, 2.75) is 155 Å². The van der Waals surface area contributed by atoms with E-state index in [1.807, 2.05) is 37.3 Å². The minimum absolute atomic E-state index is 0.0943. The summed E-state index contributed by atoms with van der Waals surface area (Å²) < 4.78 is 22.9. The molecule has 236 valence electrons. The second-order valence-corrected chi connectivity index (χ2v) is 17.7. The first-order valence-corrected chi connectivity index (χ1v) is 19.2. The summed E-state index contributed by atoms with van der Waals surface area (Å²) in [6.45, 7) is 16.6. The summed E-state index contributed by atoms with van der Waals surface area (Å²) >= 11 is 0. The van der Waals surface area contributed by atoms with Crippen LogP contribution in [0.25, 0.3) is 0 Å². The highest BCUT2D eigenvalue weighted by molar-refractivity contribution is 6.74. The van der Waals surface area contributed by atoms with Crippen LogP contribution in [0.3, 0.4) is 0 Å². The molecule has 0 aliphatic rings. The Labute approximate surface area is 253 Å². The molecule has 0 saturated heterocycles. The van der Waals surface area contributed by atoms with E-state index >= 15 is 0 Å². The number of carbonyl (C=O) groups is 1. The van der Waals surface area contributed by atoms with Crippen molar-refractivity contribution in [3.8, 4) is 5.75 Å². The van der Waals surface area contributed by atoms with E-state index < -0.39 is 8.32 Å². The zero-order valence-electron chi connectivity index (χ0n) is 27.8. The number of unbranched alkanes of at least 4 members (excludes halogenated alkanes) is 10. The molecule has 41 heavy (non-hydrogen) atoms. The lowest BCUT2D eigenvalue weighted by Gasteiger charge is -2.38. The molecule has 0 bridgehead atoms. The first-order valence-electron chi connectivity index (χ1n) is 16.3. The largest absolute Gasteiger partial charge is 0.497 e. The van der Waals surface area contributed by atoms with Crippen molar-refractivity contribution < 1.29 is 23.4 Å². The Balaban J connectivity index is 2.15. The van der Waals surface area contributed by atoms with E-state index in [0.717, 1.165) is 24.2 Å². The monoisotopic (exact) mass is 590 g/mol. The SMILES string of the molecule is CCOC(=O)/C=C\[C@@H](CCCCCCCCCCCCC[C@@H](C)O[Si](C)(C)C(C)(C)C)OCc1ccc(OC)cc1. The number of hydrogen-bond donors (Lipinski definition) is 0. The maximum atomic E-state index is 11.8. The molecule has 0 N–H and O–H groups in total. The Hall–Kier alpha value is -1.63. The van der Waals surface area contributed by atoms with E-state index in [2.05, 4.69) is 40.8 Å². The molecular weight excluding hydrogens is 528 g/mol. The standard InChI is InChI=1S/C35H62O5Si/c1-9-38-34(36)28-27-33(39-29-31-23-25-32(37-6)26-24-31)22-20-18-16-14-12-10-11-13-15-17-19-21-30(2)40-41(7,8)35(3,4)5/h23-28,30,33H,9-22,29H2,1-8H3/b28-27-/t30-,33-/m1/s1. The third-order valence-electron chi connectivity index (χ3n) is 8.26. The number of esters is 1. The molecule has 6 heteroatoms. The molecule has 1 rings (SSSR count). The minimum atomic E-state index is -1.64. The molecule has 0 radical (unpaired) electrons. The lowest BCUT2D eigenvalue weighted by molar-refractivity contribution is -0.137. The molecule has 0 saturated carbocycles. The lowest BCUT2D eigenvalue weighted by Crippen LogP contribution is -2.43. The topological polar surface area (TPSA) is 54.0 Å². The number of benzene rings is 1. The average molecular weight is 591 g/mol. The Morgan fingerprint density at radius 1 is 0.854 bits per heavy atom. The van der Waals surface area contributed by atoms with Crippen molar-refractivity contribution in [1.82, 2.24) is 0 Å². The van der Waals surface area contributed by atoms with Crippen molar-refractivity contribution in [2.24, 2.45) is 0 Å². The van der Waals surface area contributed by atoms with Crippen molar-refractivity contribution in [3.05, 3.63) is 42.0 Å². The normalized spacial score (nSPS) is 13.9. The predicted octanol–water partition coefficient (Wildman–Crippen LogP) is 10.2. The van der Waals surface area contributed by atoms with Crippen LogP contribution in [0.4, 0.5) is 0 Å². The van der Waals surface area contributed by atoms with Crippen LogP contribution in [0.2, 0.25) is 18.1 Å². The number of rotatable bonds is 23. The zero-order valence-corrected chi connectivity index (χ0v) is 28.8. The maximum Gasteiger partial charge on any atom is 0.330 e. The molecule has 0 aromatic heterocycles. The van der Waals surface area contributed by atoms with Crippen LogP contribution >= 0.6 is 0 Å². The van der Waals surface area contributed by atoms with Crippen LogP contribution in [0.5, 0.6) is 5.75 Å². The fraction of sp³-hybridized carbons (Fsp3) is 0.743. The molecular formula is C35H62O5Si. The molecule has 0 fully saturated rings. The number of hydrogen-bond acceptors (Lipinski definition) is 5. The first-order chi connectivity index (χ1) is 19.5. The highest BCUT2D eigenvalue weighted by atomic mass is 28.4. The van der Waals surface area contributed by atoms with Gasteiger partial charge in [0.15, 0.2) is 8.32 Å². The van der Waals surface area contributed by atoms with Gasteiger partial charge in [-0.3, -0.25) is 0 Å². The van der Waals surface area contributed by atoms with Gasteiger partial charge in [0.25, 0.3) is 0 Å². The van der Waals surface area contributed by atoms with Gasteiger partial charge >= 0.3 is 5.97 Å². The summed E-state index contributed by atoms with van der Waals surface area (Å²) in [5.74, 6) is 0.524. The van der Waals surface area contributed by atoms with Crippen LogP contribution in [0, 0.1) is 0 Å². The van der Waals surface area contributed by atoms with Crippen LogP contribution in [0.1, 0.15) is 124 Å². The van der Waals surface area contributed by atoms with Crippen molar-refractivity contribution >= 4 is 14.3 Å². The van der Waals surface area contributed by atoms with Gasteiger partial charge in [-0.25, -0.2) is 4.79 Å². The molecule has 0 aliphatic heterocycles. The number of methoxy groups -OCH3 is 1. The average Bonchev–Trinajstić information content (AvgIpc) is 2.91. The third kappa shape index (κ3) is 17.8. The van der Waals surface area contributed by atoms with Crippen LogP contribution in [-0.4, -0.2) is 40.2 Å². The molecule has 0 amide bonds. The molecule has 0 spiro atoms. The molecule has 0 unspecified atom stereocenters. The second kappa shape index (κ2) is 21.1. The quantitative estimate of drug-likeness (QED) is 0.0549. The van der Waals surface area contributed by atoms with E-state index in [1.165, 1.54) is 76.7 Å². The summed E-state index contributed by atoms with van der Waals surface area (Å²) in [7, 11) is 0.0282. The van der Waals surface area contributed by atoms with Gasteiger partial charge in [-0.2, -0.15) is 0 Å². The van der Waals surface area contributed by atoms with E-state index in [1.54, 1.807) is 7.11 Å². The molecule has 0 aliphatic carbocycles. The summed E-state index contributed by atoms with van der Waals surface area (Å²) in [5.41, 5.74) is 1.09. The summed E-state index contributed by atoms with van der Waals surface area (Å²) in [5, 5.41) is 0.291. The van der Waals surface area contributed by atoms with Gasteiger partial charge in [0.1, 0.15) is 5.75 Å². The highest BCUT2D eigenvalue weighted by Crippen LogP contribution is 2.37. The van der Waals surface area contributed by atoms with E-state index in [9.17, 15) is 4.79 Å². The van der Waals surface area contributed by atoms with Gasteiger partial charge in [-0.1, -0.05) is 104 Å². The summed E-state index contributed by atoms with van der Waals surface area (Å²) in [6.07, 6.45) is 20.0. The maximum absolute atomic E-state index is 11.8. The van der Waals surface area contributed by atoms with Crippen molar-refractivity contribution in [1.29, 1.82) is 0 Å². The van der Waals surface area contributed by atoms with Gasteiger partial charge in [0.2, 0.25) is 0 Å². The lowest BCUT2D eigenvalue weighted by atomic mass is 10.0. The highest BCUT2D eigenvalue weighted by Gasteiger charge is 2.38. The van der Waals surface area contributed by atoms with Crippen LogP contribution in [0.15, 0.2) is 36.4 Å². The zero-order chi connectivity index (χ0) is 30.6. The van der Waals surface area contributed by atoms with Crippen LogP contribution < -0.4 is 4.74 Å². The molecule has 0 heterocycles. The fourth-order valence-corrected chi connectivity index (χ4v) is 6.12. The van der Waals surface area contributed by atoms with E-state index in [-0.39, 0.29) is 12.1 Å². The third-order valence-corrected chi connectivity index (χ3v) is 12.9. The van der Waals surface area contributed by atoms with Crippen LogP contribution in [-0.2, 0) is 25.3 Å². The van der Waals surface area contributed by atoms with Gasteiger partial charge in [0.05, 0.1) is 26.4 Å². The van der Waals surface area contributed by atoms with Crippen molar-refractivity contribution in [2.75, 3.05) is 13.7 Å². The fourth-order valence-electron chi connectivity index (χ4n) is 4.64. The van der Waals surface area contributed by atoms with Crippen molar-refractivity contribution in [3.63, 3.8) is 0 Å². The Morgan fingerprint density at radius 3 is 1.85 bits per heavy atom.